The maximum Gasteiger partial charge on any atom is -0.0172 e. The third-order valence-corrected chi connectivity index (χ3v) is 8.96. The maximum atomic E-state index is 2.32. The van der Waals surface area contributed by atoms with Gasteiger partial charge in [-0.15, -0.1) is 0 Å². The molecule has 0 spiro atoms. The Labute approximate surface area is 273 Å². The molecule has 0 atom stereocenters. The van der Waals surface area contributed by atoms with Gasteiger partial charge in [-0.1, -0.05) is 144 Å². The second kappa shape index (κ2) is 12.5. The second-order valence-corrected chi connectivity index (χ2v) is 12.6. The summed E-state index contributed by atoms with van der Waals surface area (Å²) in [6.07, 6.45) is 0. The summed E-state index contributed by atoms with van der Waals surface area (Å²) >= 11 is 0. The number of rotatable bonds is 6. The first-order chi connectivity index (χ1) is 22.4. The van der Waals surface area contributed by atoms with Gasteiger partial charge in [0.1, 0.15) is 0 Å². The van der Waals surface area contributed by atoms with Crippen LogP contribution in [0, 0.1) is 27.7 Å². The highest BCUT2D eigenvalue weighted by Crippen LogP contribution is 2.36. The van der Waals surface area contributed by atoms with Gasteiger partial charge in [-0.25, -0.2) is 0 Å². The van der Waals surface area contributed by atoms with Crippen molar-refractivity contribution in [2.45, 2.75) is 27.7 Å². The molecule has 46 heavy (non-hydrogen) atoms. The molecule has 0 radical (unpaired) electrons. The van der Waals surface area contributed by atoms with Crippen LogP contribution in [0.25, 0.3) is 66.8 Å². The molecule has 0 aliphatic carbocycles. The van der Waals surface area contributed by atoms with E-state index in [4.69, 9.17) is 0 Å². The average molecular weight is 591 g/mol. The third-order valence-electron chi connectivity index (χ3n) is 8.96. The Hall–Kier alpha value is -5.46. The van der Waals surface area contributed by atoms with Crippen molar-refractivity contribution in [3.8, 4) is 66.8 Å². The minimum atomic E-state index is 1.21. The Bertz CT molecular complexity index is 1820. The van der Waals surface area contributed by atoms with Gasteiger partial charge in [0.15, 0.2) is 0 Å². The molecular formula is C46H38. The summed E-state index contributed by atoms with van der Waals surface area (Å²) in [6, 6.07) is 58.4. The van der Waals surface area contributed by atoms with E-state index in [-0.39, 0.29) is 0 Å². The minimum absolute atomic E-state index is 1.21. The van der Waals surface area contributed by atoms with E-state index in [1.807, 2.05) is 0 Å². The van der Waals surface area contributed by atoms with Gasteiger partial charge in [0, 0.05) is 0 Å². The molecule has 0 bridgehead atoms. The lowest BCUT2D eigenvalue weighted by Gasteiger charge is -2.14. The van der Waals surface area contributed by atoms with Crippen molar-refractivity contribution in [3.63, 3.8) is 0 Å². The molecule has 222 valence electrons. The number of aryl methyl sites for hydroxylation is 4. The van der Waals surface area contributed by atoms with Gasteiger partial charge < -0.3 is 0 Å². The SMILES string of the molecule is Cc1ccc(-c2cc(-c3ccc(C)cc3)cc(-c3ccc(-c4cc(-c5ccc(C)cc5)cc(-c5ccc(C)cc5)c4)cc3)c2)cc1. The van der Waals surface area contributed by atoms with Gasteiger partial charge in [0.25, 0.3) is 0 Å². The van der Waals surface area contributed by atoms with E-state index in [2.05, 4.69) is 185 Å². The summed E-state index contributed by atoms with van der Waals surface area (Å²) in [5.74, 6) is 0. The maximum absolute atomic E-state index is 2.32. The molecule has 0 nitrogen and oxygen atoms in total. The summed E-state index contributed by atoms with van der Waals surface area (Å²) < 4.78 is 0. The average Bonchev–Trinajstić information content (AvgIpc) is 3.09. The molecule has 0 N–H and O–H groups in total. The molecule has 0 fully saturated rings. The zero-order valence-corrected chi connectivity index (χ0v) is 27.0. The lowest BCUT2D eigenvalue weighted by Crippen LogP contribution is -1.88. The summed E-state index contributed by atoms with van der Waals surface area (Å²) in [7, 11) is 0. The van der Waals surface area contributed by atoms with Gasteiger partial charge in [0.05, 0.1) is 0 Å². The Morgan fingerprint density at radius 3 is 0.457 bits per heavy atom. The van der Waals surface area contributed by atoms with E-state index < -0.39 is 0 Å². The third kappa shape index (κ3) is 6.34. The van der Waals surface area contributed by atoms with E-state index in [1.165, 1.54) is 89.0 Å². The quantitative estimate of drug-likeness (QED) is 0.181. The zero-order chi connectivity index (χ0) is 31.6. The molecule has 7 rings (SSSR count). The highest BCUT2D eigenvalue weighted by molar-refractivity contribution is 5.84. The largest absolute Gasteiger partial charge is 0.0587 e. The van der Waals surface area contributed by atoms with Crippen LogP contribution in [0.4, 0.5) is 0 Å². The zero-order valence-electron chi connectivity index (χ0n) is 27.0. The van der Waals surface area contributed by atoms with Crippen LogP contribution in [0.2, 0.25) is 0 Å². The van der Waals surface area contributed by atoms with Crippen molar-refractivity contribution in [2.75, 3.05) is 0 Å². The molecule has 0 heterocycles. The molecule has 0 aliphatic rings. The molecular weight excluding hydrogens is 553 g/mol. The summed E-state index contributed by atoms with van der Waals surface area (Å²) in [4.78, 5) is 0. The van der Waals surface area contributed by atoms with E-state index in [0.717, 1.165) is 0 Å². The van der Waals surface area contributed by atoms with Crippen LogP contribution in [0.15, 0.2) is 158 Å². The molecule has 0 heteroatoms. The minimum Gasteiger partial charge on any atom is -0.0587 e. The molecule has 7 aromatic rings. The fourth-order valence-corrected chi connectivity index (χ4v) is 6.09. The fourth-order valence-electron chi connectivity index (χ4n) is 6.09. The van der Waals surface area contributed by atoms with Crippen LogP contribution in [-0.2, 0) is 0 Å². The molecule has 0 aliphatic heterocycles. The van der Waals surface area contributed by atoms with E-state index >= 15 is 0 Å². The molecule has 0 aromatic heterocycles. The van der Waals surface area contributed by atoms with Crippen LogP contribution in [0.1, 0.15) is 22.3 Å². The lowest BCUT2D eigenvalue weighted by atomic mass is 9.91. The van der Waals surface area contributed by atoms with Crippen LogP contribution in [-0.4, -0.2) is 0 Å². The smallest absolute Gasteiger partial charge is 0.0172 e. The van der Waals surface area contributed by atoms with Gasteiger partial charge in [-0.05, 0) is 131 Å². The standard InChI is InChI=1S/C46H38/c1-31-5-13-35(14-6-31)41-25-42(36-15-7-32(2)8-16-36)28-45(27-41)39-21-23-40(24-22-39)46-29-43(37-17-9-33(3)10-18-37)26-44(30-46)38-19-11-34(4)12-20-38/h5-30H,1-4H3. The van der Waals surface area contributed by atoms with Crippen molar-refractivity contribution in [2.24, 2.45) is 0 Å². The van der Waals surface area contributed by atoms with Crippen molar-refractivity contribution in [3.05, 3.63) is 180 Å². The van der Waals surface area contributed by atoms with Crippen molar-refractivity contribution >= 4 is 0 Å². The molecule has 0 unspecified atom stereocenters. The first-order valence-electron chi connectivity index (χ1n) is 16.1. The van der Waals surface area contributed by atoms with Crippen LogP contribution >= 0.6 is 0 Å². The van der Waals surface area contributed by atoms with Crippen molar-refractivity contribution < 1.29 is 0 Å². The van der Waals surface area contributed by atoms with E-state index in [9.17, 15) is 0 Å². The Morgan fingerprint density at radius 2 is 0.304 bits per heavy atom. The van der Waals surface area contributed by atoms with Crippen molar-refractivity contribution in [1.82, 2.24) is 0 Å². The van der Waals surface area contributed by atoms with Gasteiger partial charge in [-0.3, -0.25) is 0 Å². The van der Waals surface area contributed by atoms with E-state index in [0.29, 0.717) is 0 Å². The van der Waals surface area contributed by atoms with Crippen LogP contribution < -0.4 is 0 Å². The van der Waals surface area contributed by atoms with Gasteiger partial charge >= 0.3 is 0 Å². The summed E-state index contributed by atoms with van der Waals surface area (Å²) in [5, 5.41) is 0. The monoisotopic (exact) mass is 590 g/mol. The lowest BCUT2D eigenvalue weighted by molar-refractivity contribution is 1.46. The Morgan fingerprint density at radius 1 is 0.174 bits per heavy atom. The van der Waals surface area contributed by atoms with Gasteiger partial charge in [0.2, 0.25) is 0 Å². The van der Waals surface area contributed by atoms with Crippen LogP contribution in [0.3, 0.4) is 0 Å². The van der Waals surface area contributed by atoms with Gasteiger partial charge in [-0.2, -0.15) is 0 Å². The predicted octanol–water partition coefficient (Wildman–Crippen LogP) is 12.9. The first kappa shape index (κ1) is 29.3. The Kier molecular flexibility index (Phi) is 7.95. The fraction of sp³-hybridized carbons (Fsp3) is 0.0870. The van der Waals surface area contributed by atoms with E-state index in [1.54, 1.807) is 0 Å². The summed E-state index contributed by atoms with van der Waals surface area (Å²) in [5.41, 5.74) is 19.8. The number of benzene rings is 7. The topological polar surface area (TPSA) is 0 Å². The number of hydrogen-bond acceptors (Lipinski definition) is 0. The molecule has 0 saturated carbocycles. The number of hydrogen-bond donors (Lipinski definition) is 0. The predicted molar refractivity (Wildman–Crippen MR) is 198 cm³/mol. The highest BCUT2D eigenvalue weighted by atomic mass is 14.2. The van der Waals surface area contributed by atoms with Crippen LogP contribution in [0.5, 0.6) is 0 Å². The molecule has 7 aromatic carbocycles. The molecule has 0 amide bonds. The Balaban J connectivity index is 1.30. The summed E-state index contributed by atoms with van der Waals surface area (Å²) in [6.45, 7) is 8.55. The van der Waals surface area contributed by atoms with Crippen molar-refractivity contribution in [1.29, 1.82) is 0 Å². The molecule has 0 saturated heterocycles. The second-order valence-electron chi connectivity index (χ2n) is 12.6. The first-order valence-corrected chi connectivity index (χ1v) is 16.1. The normalized spacial score (nSPS) is 11.0. The highest BCUT2D eigenvalue weighted by Gasteiger charge is 2.11.